The predicted molar refractivity (Wildman–Crippen MR) is 89.9 cm³/mol. The molecular weight excluding hydrogens is 350 g/mol. The Kier molecular flexibility index (Phi) is 3.54. The molecule has 0 spiro atoms. The summed E-state index contributed by atoms with van der Waals surface area (Å²) in [6, 6.07) is 6.67. The Morgan fingerprint density at radius 3 is 2.68 bits per heavy atom. The number of ether oxygens (including phenoxy) is 1. The van der Waals surface area contributed by atoms with Gasteiger partial charge in [0.1, 0.15) is 17.5 Å². The highest BCUT2D eigenvalue weighted by Crippen LogP contribution is 2.31. The maximum atomic E-state index is 14.4. The Hall–Kier alpha value is -2.80. The van der Waals surface area contributed by atoms with Crippen LogP contribution in [0, 0.1) is 18.6 Å². The number of nitrogens with zero attached hydrogens (tertiary/aromatic N) is 4. The Bertz CT molecular complexity index is 1140. The first kappa shape index (κ1) is 15.7. The lowest BCUT2D eigenvalue weighted by Gasteiger charge is -2.09. The third-order valence-corrected chi connectivity index (χ3v) is 4.15. The van der Waals surface area contributed by atoms with Gasteiger partial charge in [0.25, 0.3) is 0 Å². The van der Waals surface area contributed by atoms with Crippen LogP contribution in [0.3, 0.4) is 0 Å². The van der Waals surface area contributed by atoms with Gasteiger partial charge >= 0.3 is 0 Å². The third kappa shape index (κ3) is 2.39. The van der Waals surface area contributed by atoms with Gasteiger partial charge in [0.2, 0.25) is 0 Å². The molecule has 0 bridgehead atoms. The fourth-order valence-corrected chi connectivity index (χ4v) is 2.97. The Morgan fingerprint density at radius 1 is 1.12 bits per heavy atom. The van der Waals surface area contributed by atoms with E-state index < -0.39 is 11.6 Å². The van der Waals surface area contributed by atoms with Crippen LogP contribution in [0.4, 0.5) is 8.78 Å². The molecule has 25 heavy (non-hydrogen) atoms. The number of rotatable bonds is 2. The molecule has 126 valence electrons. The highest BCUT2D eigenvalue weighted by molar-refractivity contribution is 6.30. The first-order chi connectivity index (χ1) is 12.0. The molecule has 8 heteroatoms. The molecular formula is C17H11ClF2N4O. The molecule has 2 aromatic heterocycles. The van der Waals surface area contributed by atoms with E-state index in [1.807, 2.05) is 0 Å². The van der Waals surface area contributed by atoms with Gasteiger partial charge in [0.15, 0.2) is 16.9 Å². The van der Waals surface area contributed by atoms with Gasteiger partial charge in [0.05, 0.1) is 23.9 Å². The Morgan fingerprint density at radius 2 is 1.92 bits per heavy atom. The molecule has 2 heterocycles. The first-order valence-corrected chi connectivity index (χ1v) is 7.72. The van der Waals surface area contributed by atoms with Crippen molar-refractivity contribution < 1.29 is 13.5 Å². The van der Waals surface area contributed by atoms with E-state index in [1.54, 1.807) is 11.3 Å². The average molecular weight is 361 g/mol. The van der Waals surface area contributed by atoms with E-state index in [0.29, 0.717) is 27.4 Å². The largest absolute Gasteiger partial charge is 0.494 e. The molecule has 5 nitrogen and oxygen atoms in total. The molecule has 0 N–H and O–H groups in total. The van der Waals surface area contributed by atoms with E-state index in [2.05, 4.69) is 15.2 Å². The zero-order valence-corrected chi connectivity index (χ0v) is 14.0. The van der Waals surface area contributed by atoms with Crippen molar-refractivity contribution in [3.63, 3.8) is 0 Å². The molecule has 0 unspecified atom stereocenters. The molecule has 2 aromatic carbocycles. The first-order valence-electron chi connectivity index (χ1n) is 7.34. The number of hydrogen-bond donors (Lipinski definition) is 0. The molecule has 0 aliphatic carbocycles. The summed E-state index contributed by atoms with van der Waals surface area (Å²) in [4.78, 5) is 4.40. The van der Waals surface area contributed by atoms with Gasteiger partial charge in [-0.25, -0.2) is 13.8 Å². The molecule has 0 fully saturated rings. The lowest BCUT2D eigenvalue weighted by Crippen LogP contribution is -2.00. The summed E-state index contributed by atoms with van der Waals surface area (Å²) in [7, 11) is 1.41. The summed E-state index contributed by atoms with van der Waals surface area (Å²) in [5, 5.41) is 8.61. The van der Waals surface area contributed by atoms with E-state index in [4.69, 9.17) is 16.3 Å². The fraction of sp³-hybridized carbons (Fsp3) is 0.118. The number of methoxy groups -OCH3 is 1. The second kappa shape index (κ2) is 5.63. The van der Waals surface area contributed by atoms with Crippen LogP contribution in [0.2, 0.25) is 5.02 Å². The topological polar surface area (TPSA) is 52.3 Å². The van der Waals surface area contributed by atoms with Crippen molar-refractivity contribution in [3.05, 3.63) is 52.7 Å². The summed E-state index contributed by atoms with van der Waals surface area (Å²) in [5.41, 5.74) is 1.84. The molecule has 0 aliphatic heterocycles. The van der Waals surface area contributed by atoms with Crippen molar-refractivity contribution in [2.45, 2.75) is 6.92 Å². The van der Waals surface area contributed by atoms with Crippen LogP contribution >= 0.6 is 11.6 Å². The minimum atomic E-state index is -0.512. The minimum Gasteiger partial charge on any atom is -0.494 e. The zero-order chi connectivity index (χ0) is 17.7. The third-order valence-electron chi connectivity index (χ3n) is 3.92. The molecule has 0 aliphatic rings. The van der Waals surface area contributed by atoms with Crippen LogP contribution in [-0.2, 0) is 0 Å². The fourth-order valence-electron chi connectivity index (χ4n) is 2.80. The van der Waals surface area contributed by atoms with Gasteiger partial charge in [-0.15, -0.1) is 10.2 Å². The molecule has 0 saturated carbocycles. The highest BCUT2D eigenvalue weighted by Gasteiger charge is 2.20. The van der Waals surface area contributed by atoms with Crippen molar-refractivity contribution in [2.75, 3.05) is 7.11 Å². The van der Waals surface area contributed by atoms with Crippen molar-refractivity contribution in [2.24, 2.45) is 0 Å². The lowest BCUT2D eigenvalue weighted by molar-refractivity contribution is 0.415. The van der Waals surface area contributed by atoms with Crippen LogP contribution in [0.15, 0.2) is 30.3 Å². The van der Waals surface area contributed by atoms with E-state index in [-0.39, 0.29) is 17.1 Å². The number of imidazole rings is 1. The van der Waals surface area contributed by atoms with Crippen LogP contribution < -0.4 is 4.74 Å². The predicted octanol–water partition coefficient (Wildman–Crippen LogP) is 4.19. The quantitative estimate of drug-likeness (QED) is 0.538. The Balaban J connectivity index is 2.19. The number of halogens is 3. The van der Waals surface area contributed by atoms with Crippen LogP contribution in [0.5, 0.6) is 5.75 Å². The molecule has 4 rings (SSSR count). The summed E-state index contributed by atoms with van der Waals surface area (Å²) in [6.07, 6.45) is 0. The standard InChI is InChI=1S/C17H11ClF2N4O/c1-8-16-23-22-15-13(6-10(19)7-14(15)25-2)24(16)17(21-8)11-5-9(18)3-4-12(11)20/h3-7H,1-2H3. The van der Waals surface area contributed by atoms with E-state index >= 15 is 0 Å². The maximum absolute atomic E-state index is 14.4. The van der Waals surface area contributed by atoms with Gasteiger partial charge in [-0.3, -0.25) is 4.40 Å². The maximum Gasteiger partial charge on any atom is 0.183 e. The van der Waals surface area contributed by atoms with E-state index in [1.165, 1.54) is 37.4 Å². The lowest BCUT2D eigenvalue weighted by atomic mass is 10.2. The normalized spacial score (nSPS) is 11.4. The molecule has 0 radical (unpaired) electrons. The number of fused-ring (bicyclic) bond motifs is 3. The van der Waals surface area contributed by atoms with Crippen molar-refractivity contribution >= 4 is 28.3 Å². The van der Waals surface area contributed by atoms with Gasteiger partial charge in [0, 0.05) is 17.2 Å². The van der Waals surface area contributed by atoms with Crippen LogP contribution in [-0.4, -0.2) is 26.7 Å². The number of benzene rings is 2. The summed E-state index contributed by atoms with van der Waals surface area (Å²) < 4.78 is 35.1. The number of aromatic nitrogens is 4. The van der Waals surface area contributed by atoms with Gasteiger partial charge in [-0.05, 0) is 25.1 Å². The number of aryl methyl sites for hydroxylation is 1. The van der Waals surface area contributed by atoms with E-state index in [9.17, 15) is 8.78 Å². The second-order valence-electron chi connectivity index (χ2n) is 5.48. The summed E-state index contributed by atoms with van der Waals surface area (Å²) in [6.45, 7) is 1.72. The summed E-state index contributed by atoms with van der Waals surface area (Å²) >= 11 is 6.00. The van der Waals surface area contributed by atoms with Gasteiger partial charge in [-0.1, -0.05) is 11.6 Å². The Labute approximate surface area is 145 Å². The average Bonchev–Trinajstić information content (AvgIpc) is 2.93. The van der Waals surface area contributed by atoms with Crippen molar-refractivity contribution in [1.82, 2.24) is 19.6 Å². The summed E-state index contributed by atoms with van der Waals surface area (Å²) in [5.74, 6) is -0.513. The van der Waals surface area contributed by atoms with Crippen molar-refractivity contribution in [1.29, 1.82) is 0 Å². The number of hydrogen-bond acceptors (Lipinski definition) is 4. The monoisotopic (exact) mass is 360 g/mol. The van der Waals surface area contributed by atoms with Gasteiger partial charge in [-0.2, -0.15) is 0 Å². The SMILES string of the molecule is COc1cc(F)cc2c1nnc1c(C)nc(-c3cc(Cl)ccc3F)n12. The van der Waals surface area contributed by atoms with Crippen LogP contribution in [0.25, 0.3) is 28.1 Å². The van der Waals surface area contributed by atoms with Gasteiger partial charge < -0.3 is 4.74 Å². The van der Waals surface area contributed by atoms with Crippen LogP contribution in [0.1, 0.15) is 5.69 Å². The molecule has 0 amide bonds. The van der Waals surface area contributed by atoms with Crippen molar-refractivity contribution in [3.8, 4) is 17.1 Å². The smallest absolute Gasteiger partial charge is 0.183 e. The molecule has 4 aromatic rings. The van der Waals surface area contributed by atoms with E-state index in [0.717, 1.165) is 0 Å². The molecule has 0 saturated heterocycles. The molecule has 0 atom stereocenters. The zero-order valence-electron chi connectivity index (χ0n) is 13.2. The minimum absolute atomic E-state index is 0.188. The highest BCUT2D eigenvalue weighted by atomic mass is 35.5. The second-order valence-corrected chi connectivity index (χ2v) is 5.92.